The molecule has 0 saturated heterocycles. The van der Waals surface area contributed by atoms with E-state index in [-0.39, 0.29) is 24.7 Å². The van der Waals surface area contributed by atoms with Crippen LogP contribution >= 0.6 is 0 Å². The Morgan fingerprint density at radius 2 is 1.75 bits per heavy atom. The van der Waals surface area contributed by atoms with E-state index in [0.717, 1.165) is 6.42 Å². The van der Waals surface area contributed by atoms with Gasteiger partial charge in [-0.2, -0.15) is 0 Å². The monoisotopic (exact) mass is 392 g/mol. The molecule has 0 unspecified atom stereocenters. The van der Waals surface area contributed by atoms with Crippen LogP contribution in [0.2, 0.25) is 0 Å². The van der Waals surface area contributed by atoms with E-state index in [4.69, 9.17) is 14.2 Å². The third-order valence-corrected chi connectivity index (χ3v) is 3.84. The van der Waals surface area contributed by atoms with Crippen molar-refractivity contribution in [1.82, 2.24) is 10.6 Å². The first-order valence-corrected chi connectivity index (χ1v) is 9.10. The second-order valence-electron chi connectivity index (χ2n) is 8.58. The molecule has 8 heteroatoms. The Bertz CT molecular complexity index is 752. The number of rotatable bonds is 7. The fourth-order valence-corrected chi connectivity index (χ4v) is 3.27. The Morgan fingerprint density at radius 3 is 2.43 bits per heavy atom. The smallest absolute Gasteiger partial charge is 0.325 e. The largest absolute Gasteiger partial charge is 0.454 e. The number of hydrogen-bond acceptors (Lipinski definition) is 6. The number of hydrogen-bond donors (Lipinski definition) is 2. The van der Waals surface area contributed by atoms with E-state index in [2.05, 4.69) is 31.4 Å². The minimum absolute atomic E-state index is 0.0481. The van der Waals surface area contributed by atoms with Crippen molar-refractivity contribution in [2.75, 3.05) is 19.9 Å². The summed E-state index contributed by atoms with van der Waals surface area (Å²) in [4.78, 5) is 35.9. The highest BCUT2D eigenvalue weighted by Gasteiger charge is 2.27. The third kappa shape index (κ3) is 6.75. The molecule has 0 spiro atoms. The number of carbonyl (C=O) groups excluding carboxylic acids is 3. The fourth-order valence-electron chi connectivity index (χ4n) is 3.27. The second-order valence-corrected chi connectivity index (χ2v) is 8.58. The lowest BCUT2D eigenvalue weighted by Crippen LogP contribution is -2.47. The van der Waals surface area contributed by atoms with Gasteiger partial charge in [-0.15, -0.1) is 0 Å². The van der Waals surface area contributed by atoms with Gasteiger partial charge in [0.1, 0.15) is 6.54 Å². The topological polar surface area (TPSA) is 103 Å². The normalized spacial score (nSPS) is 13.0. The Labute approximate surface area is 164 Å². The highest BCUT2D eigenvalue weighted by Crippen LogP contribution is 2.32. The Hall–Kier alpha value is -2.77. The number of ether oxygens (including phenoxy) is 3. The fraction of sp³-hybridized carbons (Fsp3) is 0.550. The Morgan fingerprint density at radius 1 is 1.07 bits per heavy atom. The van der Waals surface area contributed by atoms with Gasteiger partial charge in [0.2, 0.25) is 6.79 Å². The number of benzene rings is 1. The maximum atomic E-state index is 12.1. The summed E-state index contributed by atoms with van der Waals surface area (Å²) >= 11 is 0. The van der Waals surface area contributed by atoms with Crippen LogP contribution < -0.4 is 20.1 Å². The first-order chi connectivity index (χ1) is 13.0. The molecule has 0 saturated carbocycles. The van der Waals surface area contributed by atoms with Gasteiger partial charge in [0.05, 0.1) is 0 Å². The predicted octanol–water partition coefficient (Wildman–Crippen LogP) is 2.02. The molecule has 0 aliphatic carbocycles. The van der Waals surface area contributed by atoms with E-state index in [1.165, 1.54) is 6.07 Å². The zero-order valence-electron chi connectivity index (χ0n) is 17.0. The zero-order chi connectivity index (χ0) is 20.9. The van der Waals surface area contributed by atoms with E-state index in [1.807, 2.05) is 13.8 Å². The molecule has 2 amide bonds. The van der Waals surface area contributed by atoms with Gasteiger partial charge < -0.3 is 24.8 Å². The SMILES string of the molecule is CC(C)(C)CC(C)(C)NC(=O)COC(=O)CNC(=O)c1ccc2c(c1)OCO2. The van der Waals surface area contributed by atoms with Gasteiger partial charge in [-0.05, 0) is 43.9 Å². The minimum Gasteiger partial charge on any atom is -0.454 e. The summed E-state index contributed by atoms with van der Waals surface area (Å²) in [5.41, 5.74) is -0.0411. The molecule has 1 aromatic carbocycles. The molecule has 0 atom stereocenters. The van der Waals surface area contributed by atoms with Gasteiger partial charge in [0.25, 0.3) is 11.8 Å². The van der Waals surface area contributed by atoms with Crippen LogP contribution in [0, 0.1) is 5.41 Å². The molecule has 1 heterocycles. The first-order valence-electron chi connectivity index (χ1n) is 9.10. The summed E-state index contributed by atoms with van der Waals surface area (Å²) in [5, 5.41) is 5.30. The average Bonchev–Trinajstić information content (AvgIpc) is 3.02. The van der Waals surface area contributed by atoms with Gasteiger partial charge >= 0.3 is 5.97 Å². The maximum Gasteiger partial charge on any atom is 0.325 e. The first kappa shape index (κ1) is 21.5. The zero-order valence-corrected chi connectivity index (χ0v) is 17.0. The number of amides is 2. The number of nitrogens with one attached hydrogen (secondary N) is 2. The van der Waals surface area contributed by atoms with Crippen molar-refractivity contribution in [3.63, 3.8) is 0 Å². The van der Waals surface area contributed by atoms with Gasteiger partial charge in [-0.1, -0.05) is 20.8 Å². The molecule has 1 aliphatic rings. The van der Waals surface area contributed by atoms with Crippen LogP contribution in [-0.4, -0.2) is 43.3 Å². The Balaban J connectivity index is 1.73. The van der Waals surface area contributed by atoms with Crippen molar-refractivity contribution in [2.24, 2.45) is 5.41 Å². The van der Waals surface area contributed by atoms with Crippen LogP contribution in [0.3, 0.4) is 0 Å². The molecule has 2 rings (SSSR count). The van der Waals surface area contributed by atoms with E-state index in [9.17, 15) is 14.4 Å². The minimum atomic E-state index is -0.696. The van der Waals surface area contributed by atoms with E-state index >= 15 is 0 Å². The molecular weight excluding hydrogens is 364 g/mol. The molecule has 2 N–H and O–H groups in total. The molecule has 8 nitrogen and oxygen atoms in total. The highest BCUT2D eigenvalue weighted by molar-refractivity contribution is 5.96. The lowest BCUT2D eigenvalue weighted by molar-refractivity contribution is -0.148. The van der Waals surface area contributed by atoms with Crippen LogP contribution in [0.5, 0.6) is 11.5 Å². The van der Waals surface area contributed by atoms with Crippen LogP contribution in [0.1, 0.15) is 51.4 Å². The van der Waals surface area contributed by atoms with Crippen LogP contribution in [0.15, 0.2) is 18.2 Å². The molecular formula is C20H28N2O6. The summed E-state index contributed by atoms with van der Waals surface area (Å²) in [5.74, 6) is -0.491. The van der Waals surface area contributed by atoms with Crippen LogP contribution in [0.25, 0.3) is 0 Å². The average molecular weight is 392 g/mol. The van der Waals surface area contributed by atoms with E-state index in [0.29, 0.717) is 17.1 Å². The van der Waals surface area contributed by atoms with Gasteiger partial charge in [-0.25, -0.2) is 0 Å². The van der Waals surface area contributed by atoms with Crippen LogP contribution in [-0.2, 0) is 14.3 Å². The Kier molecular flexibility index (Phi) is 6.53. The molecule has 1 aromatic rings. The number of carbonyl (C=O) groups is 3. The van der Waals surface area contributed by atoms with Crippen molar-refractivity contribution in [2.45, 2.75) is 46.6 Å². The van der Waals surface area contributed by atoms with Gasteiger partial charge in [0, 0.05) is 11.1 Å². The molecule has 0 bridgehead atoms. The standard InChI is InChI=1S/C20H28N2O6/c1-19(2,3)11-20(4,5)22-16(23)10-26-17(24)9-21-18(25)13-6-7-14-15(8-13)28-12-27-14/h6-8H,9-12H2,1-5H3,(H,21,25)(H,22,23). The molecule has 28 heavy (non-hydrogen) atoms. The van der Waals surface area contributed by atoms with Crippen molar-refractivity contribution in [3.8, 4) is 11.5 Å². The van der Waals surface area contributed by atoms with Gasteiger partial charge in [-0.3, -0.25) is 14.4 Å². The summed E-state index contributed by atoms with van der Waals surface area (Å²) < 4.78 is 15.3. The number of fused-ring (bicyclic) bond motifs is 1. The quantitative estimate of drug-likeness (QED) is 0.688. The maximum absolute atomic E-state index is 12.1. The molecule has 0 fully saturated rings. The van der Waals surface area contributed by atoms with Crippen LogP contribution in [0.4, 0.5) is 0 Å². The van der Waals surface area contributed by atoms with Crippen molar-refractivity contribution < 1.29 is 28.6 Å². The lowest BCUT2D eigenvalue weighted by atomic mass is 9.82. The summed E-state index contributed by atoms with van der Waals surface area (Å²) in [6, 6.07) is 4.73. The molecule has 0 radical (unpaired) electrons. The highest BCUT2D eigenvalue weighted by atomic mass is 16.7. The van der Waals surface area contributed by atoms with Crippen molar-refractivity contribution in [3.05, 3.63) is 23.8 Å². The van der Waals surface area contributed by atoms with E-state index in [1.54, 1.807) is 12.1 Å². The summed E-state index contributed by atoms with van der Waals surface area (Å²) in [6.45, 7) is 9.48. The van der Waals surface area contributed by atoms with Gasteiger partial charge in [0.15, 0.2) is 18.1 Å². The third-order valence-electron chi connectivity index (χ3n) is 3.84. The number of esters is 1. The molecule has 154 valence electrons. The van der Waals surface area contributed by atoms with Crippen molar-refractivity contribution >= 4 is 17.8 Å². The summed E-state index contributed by atoms with van der Waals surface area (Å²) in [6.07, 6.45) is 0.769. The summed E-state index contributed by atoms with van der Waals surface area (Å²) in [7, 11) is 0. The van der Waals surface area contributed by atoms with Crippen molar-refractivity contribution in [1.29, 1.82) is 0 Å². The van der Waals surface area contributed by atoms with E-state index < -0.39 is 24.0 Å². The lowest BCUT2D eigenvalue weighted by Gasteiger charge is -2.33. The second kappa shape index (κ2) is 8.50. The molecule has 0 aromatic heterocycles. The predicted molar refractivity (Wildman–Crippen MR) is 102 cm³/mol. The molecule has 1 aliphatic heterocycles.